The van der Waals surface area contributed by atoms with Crippen molar-refractivity contribution in [3.05, 3.63) is 29.8 Å². The van der Waals surface area contributed by atoms with Gasteiger partial charge in [0.2, 0.25) is 0 Å². The van der Waals surface area contributed by atoms with E-state index in [1.807, 2.05) is 0 Å². The zero-order chi connectivity index (χ0) is 13.7. The second kappa shape index (κ2) is 6.61. The van der Waals surface area contributed by atoms with Crippen LogP contribution in [0.4, 0.5) is 5.69 Å². The number of anilines is 1. The van der Waals surface area contributed by atoms with Crippen molar-refractivity contribution in [2.75, 3.05) is 5.32 Å². The van der Waals surface area contributed by atoms with Gasteiger partial charge in [0.25, 0.3) is 0 Å². The van der Waals surface area contributed by atoms with Crippen LogP contribution in [0.15, 0.2) is 24.3 Å². The van der Waals surface area contributed by atoms with Gasteiger partial charge in [-0.05, 0) is 42.4 Å². The molecular weight excluding hydrogens is 232 g/mol. The van der Waals surface area contributed by atoms with Gasteiger partial charge in [-0.25, -0.2) is 0 Å². The third-order valence-corrected chi connectivity index (χ3v) is 4.26. The second-order valence-electron chi connectivity index (χ2n) is 5.97. The van der Waals surface area contributed by atoms with Crippen LogP contribution in [0, 0.1) is 23.2 Å². The number of hydrogen-bond donors (Lipinski definition) is 1. The topological polar surface area (TPSA) is 35.8 Å². The molecule has 2 rings (SSSR count). The van der Waals surface area contributed by atoms with Crippen molar-refractivity contribution in [2.24, 2.45) is 11.8 Å². The Morgan fingerprint density at radius 3 is 2.53 bits per heavy atom. The van der Waals surface area contributed by atoms with Gasteiger partial charge in [0.1, 0.15) is 0 Å². The molecule has 0 spiro atoms. The Morgan fingerprint density at radius 1 is 1.21 bits per heavy atom. The summed E-state index contributed by atoms with van der Waals surface area (Å²) in [4.78, 5) is 0. The van der Waals surface area contributed by atoms with Crippen molar-refractivity contribution in [1.29, 1.82) is 5.26 Å². The van der Waals surface area contributed by atoms with Crippen molar-refractivity contribution in [1.82, 2.24) is 0 Å². The first-order chi connectivity index (χ1) is 9.20. The van der Waals surface area contributed by atoms with Crippen molar-refractivity contribution in [2.45, 2.75) is 52.0 Å². The third kappa shape index (κ3) is 3.73. The van der Waals surface area contributed by atoms with Gasteiger partial charge in [0.05, 0.1) is 12.5 Å². The SMILES string of the molecule is CC(C)C1CCCCC1Nc1ccc(CC#N)cc1. The average molecular weight is 256 g/mol. The van der Waals surface area contributed by atoms with Crippen LogP contribution in [0.5, 0.6) is 0 Å². The highest BCUT2D eigenvalue weighted by molar-refractivity contribution is 5.46. The fourth-order valence-corrected chi connectivity index (χ4v) is 3.16. The molecule has 2 atom stereocenters. The van der Waals surface area contributed by atoms with Crippen LogP contribution in [0.25, 0.3) is 0 Å². The summed E-state index contributed by atoms with van der Waals surface area (Å²) in [6, 6.07) is 11.1. The van der Waals surface area contributed by atoms with E-state index in [9.17, 15) is 0 Å². The molecule has 1 fully saturated rings. The Labute approximate surface area is 116 Å². The molecule has 1 aliphatic carbocycles. The van der Waals surface area contributed by atoms with E-state index in [1.165, 1.54) is 31.4 Å². The standard InChI is InChI=1S/C17H24N2/c1-13(2)16-5-3-4-6-17(16)19-15-9-7-14(8-10-15)11-12-18/h7-10,13,16-17,19H,3-6,11H2,1-2H3. The number of nitriles is 1. The summed E-state index contributed by atoms with van der Waals surface area (Å²) in [5.74, 6) is 1.53. The molecule has 2 unspecified atom stereocenters. The lowest BCUT2D eigenvalue weighted by atomic mass is 9.78. The number of nitrogens with zero attached hydrogens (tertiary/aromatic N) is 1. The first-order valence-corrected chi connectivity index (χ1v) is 7.43. The van der Waals surface area contributed by atoms with Gasteiger partial charge in [-0.1, -0.05) is 38.8 Å². The Bertz CT molecular complexity index is 428. The minimum atomic E-state index is 0.498. The molecule has 0 radical (unpaired) electrons. The maximum absolute atomic E-state index is 8.68. The van der Waals surface area contributed by atoms with Crippen molar-refractivity contribution >= 4 is 5.69 Å². The Hall–Kier alpha value is -1.49. The summed E-state index contributed by atoms with van der Waals surface area (Å²) in [5.41, 5.74) is 2.29. The van der Waals surface area contributed by atoms with Gasteiger partial charge in [0.15, 0.2) is 0 Å². The smallest absolute Gasteiger partial charge is 0.0669 e. The molecule has 1 aromatic carbocycles. The van der Waals surface area contributed by atoms with E-state index >= 15 is 0 Å². The van der Waals surface area contributed by atoms with Crippen molar-refractivity contribution in [3.63, 3.8) is 0 Å². The fraction of sp³-hybridized carbons (Fsp3) is 0.588. The van der Waals surface area contributed by atoms with E-state index in [4.69, 9.17) is 5.26 Å². The molecule has 0 amide bonds. The van der Waals surface area contributed by atoms with Gasteiger partial charge >= 0.3 is 0 Å². The maximum Gasteiger partial charge on any atom is 0.0669 e. The summed E-state index contributed by atoms with van der Waals surface area (Å²) in [6.07, 6.45) is 5.85. The zero-order valence-electron chi connectivity index (χ0n) is 12.0. The summed E-state index contributed by atoms with van der Waals surface area (Å²) >= 11 is 0. The molecule has 1 N–H and O–H groups in total. The third-order valence-electron chi connectivity index (χ3n) is 4.26. The normalized spacial score (nSPS) is 23.1. The van der Waals surface area contributed by atoms with Crippen LogP contribution in [0.3, 0.4) is 0 Å². The largest absolute Gasteiger partial charge is 0.382 e. The summed E-state index contributed by atoms with van der Waals surface area (Å²) in [6.45, 7) is 4.67. The average Bonchev–Trinajstić information content (AvgIpc) is 2.42. The Balaban J connectivity index is 2.00. The van der Waals surface area contributed by atoms with Crippen molar-refractivity contribution < 1.29 is 0 Å². The predicted octanol–water partition coefficient (Wildman–Crippen LogP) is 4.38. The molecule has 19 heavy (non-hydrogen) atoms. The fourth-order valence-electron chi connectivity index (χ4n) is 3.16. The predicted molar refractivity (Wildman–Crippen MR) is 80.0 cm³/mol. The molecule has 102 valence electrons. The van der Waals surface area contributed by atoms with E-state index in [2.05, 4.69) is 49.5 Å². The van der Waals surface area contributed by atoms with E-state index in [0.717, 1.165) is 17.4 Å². The monoisotopic (exact) mass is 256 g/mol. The lowest BCUT2D eigenvalue weighted by Crippen LogP contribution is -2.35. The van der Waals surface area contributed by atoms with Gasteiger partial charge in [-0.15, -0.1) is 0 Å². The molecule has 0 aliphatic heterocycles. The lowest BCUT2D eigenvalue weighted by molar-refractivity contribution is 0.254. The van der Waals surface area contributed by atoms with E-state index in [0.29, 0.717) is 12.5 Å². The number of nitrogens with one attached hydrogen (secondary N) is 1. The minimum absolute atomic E-state index is 0.498. The molecule has 0 saturated heterocycles. The molecule has 1 saturated carbocycles. The summed E-state index contributed by atoms with van der Waals surface area (Å²) in [5, 5.41) is 12.4. The maximum atomic E-state index is 8.68. The Morgan fingerprint density at radius 2 is 1.89 bits per heavy atom. The van der Waals surface area contributed by atoms with Crippen LogP contribution >= 0.6 is 0 Å². The molecule has 1 aromatic rings. The van der Waals surface area contributed by atoms with Crippen LogP contribution < -0.4 is 5.32 Å². The minimum Gasteiger partial charge on any atom is -0.382 e. The molecule has 1 aliphatic rings. The highest BCUT2D eigenvalue weighted by Gasteiger charge is 2.27. The lowest BCUT2D eigenvalue weighted by Gasteiger charge is -2.35. The highest BCUT2D eigenvalue weighted by Crippen LogP contribution is 2.32. The summed E-state index contributed by atoms with van der Waals surface area (Å²) in [7, 11) is 0. The number of benzene rings is 1. The molecular formula is C17H24N2. The molecule has 2 nitrogen and oxygen atoms in total. The van der Waals surface area contributed by atoms with Gasteiger partial charge in [-0.3, -0.25) is 0 Å². The number of hydrogen-bond acceptors (Lipinski definition) is 2. The molecule has 0 aromatic heterocycles. The summed E-state index contributed by atoms with van der Waals surface area (Å²) < 4.78 is 0. The van der Waals surface area contributed by atoms with E-state index in [-0.39, 0.29) is 0 Å². The Kier molecular flexibility index (Phi) is 4.85. The first-order valence-electron chi connectivity index (χ1n) is 7.43. The van der Waals surface area contributed by atoms with Crippen LogP contribution in [0.2, 0.25) is 0 Å². The van der Waals surface area contributed by atoms with E-state index in [1.54, 1.807) is 0 Å². The second-order valence-corrected chi connectivity index (χ2v) is 5.97. The van der Waals surface area contributed by atoms with Gasteiger partial charge < -0.3 is 5.32 Å². The van der Waals surface area contributed by atoms with Gasteiger partial charge in [0, 0.05) is 11.7 Å². The zero-order valence-corrected chi connectivity index (χ0v) is 12.0. The quantitative estimate of drug-likeness (QED) is 0.867. The van der Waals surface area contributed by atoms with E-state index < -0.39 is 0 Å². The molecule has 0 heterocycles. The van der Waals surface area contributed by atoms with Crippen molar-refractivity contribution in [3.8, 4) is 6.07 Å². The van der Waals surface area contributed by atoms with Crippen LogP contribution in [0.1, 0.15) is 45.1 Å². The molecule has 2 heteroatoms. The first kappa shape index (κ1) is 13.9. The van der Waals surface area contributed by atoms with Crippen LogP contribution in [-0.2, 0) is 6.42 Å². The van der Waals surface area contributed by atoms with Crippen LogP contribution in [-0.4, -0.2) is 6.04 Å². The highest BCUT2D eigenvalue weighted by atomic mass is 14.9. The van der Waals surface area contributed by atoms with Gasteiger partial charge in [-0.2, -0.15) is 5.26 Å². The molecule has 0 bridgehead atoms. The number of rotatable bonds is 4.